The third kappa shape index (κ3) is 11.8. The zero-order valence-electron chi connectivity index (χ0n) is 115. The van der Waals surface area contributed by atoms with Crippen molar-refractivity contribution in [2.45, 2.75) is 19.3 Å². The number of rotatable bonds is 7. The van der Waals surface area contributed by atoms with Crippen molar-refractivity contribution in [2.75, 3.05) is 0 Å². The molecular formula is C127H80O3. The summed E-state index contributed by atoms with van der Waals surface area (Å²) in [5, 5.41) is 5.57. The first kappa shape index (κ1) is 41.6. The number of benzene rings is 24. The van der Waals surface area contributed by atoms with Crippen molar-refractivity contribution in [1.29, 1.82) is 0 Å². The molecule has 0 radical (unpaired) electrons. The van der Waals surface area contributed by atoms with Gasteiger partial charge in [-0.1, -0.05) is 395 Å². The Hall–Kier alpha value is -16.7. The molecule has 1 aliphatic rings. The summed E-state index contributed by atoms with van der Waals surface area (Å²) in [6, 6.07) is 18.1. The van der Waals surface area contributed by atoms with E-state index in [0.717, 1.165) is 43.1 Å². The highest BCUT2D eigenvalue weighted by Crippen LogP contribution is 2.54. The summed E-state index contributed by atoms with van der Waals surface area (Å²) in [6.07, 6.45) is 0. The quantitative estimate of drug-likeness (QED) is 0.149. The summed E-state index contributed by atoms with van der Waals surface area (Å²) >= 11 is 0. The Balaban J connectivity index is 0.000000128. The smallest absolute Gasteiger partial charge is 0.143 e. The fourth-order valence-corrected chi connectivity index (χ4v) is 18.7. The van der Waals surface area contributed by atoms with Gasteiger partial charge in [0.25, 0.3) is 0 Å². The second-order valence-electron chi connectivity index (χ2n) is 31.8. The van der Waals surface area contributed by atoms with E-state index >= 15 is 0 Å². The predicted octanol–water partition coefficient (Wildman–Crippen LogP) is 36.3. The molecule has 3 aromatic heterocycles. The highest BCUT2D eigenvalue weighted by molar-refractivity contribution is 6.28. The fraction of sp³-hybridized carbons (Fsp3) is 0.0236. The summed E-state index contributed by atoms with van der Waals surface area (Å²) in [5.41, 5.74) is -0.789. The van der Waals surface area contributed by atoms with Crippen LogP contribution in [0.15, 0.2) is 461 Å². The highest BCUT2D eigenvalue weighted by atomic mass is 16.3. The van der Waals surface area contributed by atoms with Crippen LogP contribution in [0.2, 0.25) is 0 Å². The van der Waals surface area contributed by atoms with Gasteiger partial charge < -0.3 is 13.3 Å². The van der Waals surface area contributed by atoms with Gasteiger partial charge in [-0.25, -0.2) is 0 Å². The van der Waals surface area contributed by atoms with E-state index in [-0.39, 0.29) is 132 Å². The molecule has 0 bridgehead atoms. The fourth-order valence-electron chi connectivity index (χ4n) is 18.7. The normalized spacial score (nSPS) is 17.5. The topological polar surface area (TPSA) is 39.4 Å². The third-order valence-electron chi connectivity index (χ3n) is 24.5. The summed E-state index contributed by atoms with van der Waals surface area (Å²) in [6.45, 7) is 3.29. The van der Waals surface area contributed by atoms with Crippen LogP contribution in [0.3, 0.4) is 0 Å². The first-order valence-electron chi connectivity index (χ1n) is 64.7. The van der Waals surface area contributed by atoms with E-state index in [9.17, 15) is 24.7 Å². The van der Waals surface area contributed by atoms with Crippen molar-refractivity contribution in [3.05, 3.63) is 459 Å². The van der Waals surface area contributed by atoms with Gasteiger partial charge in [-0.05, 0) is 258 Å². The van der Waals surface area contributed by atoms with E-state index in [1.54, 1.807) is 68.4 Å². The molecule has 3 nitrogen and oxygen atoms in total. The molecule has 606 valence electrons. The van der Waals surface area contributed by atoms with Gasteiger partial charge in [0.05, 0.1) is 64.4 Å². The van der Waals surface area contributed by atoms with Crippen LogP contribution in [0.25, 0.3) is 263 Å². The van der Waals surface area contributed by atoms with Crippen molar-refractivity contribution >= 4 is 174 Å². The molecule has 0 fully saturated rings. The van der Waals surface area contributed by atoms with Crippen LogP contribution < -0.4 is 0 Å². The standard InChI is InChI=1S/C45H30O.C42H26O.C40H24O/c1-45(2)39-18-10-9-13-31(39)37-25-28(20-23-40(37)45)42-32-14-5-7-16-34(32)43(35-17-8-6-15-33(35)42)29-21-24-41-38(26-29)36-22-19-27-11-3-4-12-30(27)44(36)46-41;1-2-11-27(12-3-1)29-14-10-15-30(25-29)40-33-17-6-8-19-35(33)41(36-20-9-7-18-34(36)40)31-22-24-39-38(26-31)37-23-21-28-13-4-5-16-32(28)42(37)43-39;1-3-13-28-25(10-1)12-9-19-30(28)39-33-17-7-5-15-31(33)38(32-16-6-8-18-34(32)39)27-21-23-37-36(24-27)35-22-20-26-11-2-4-14-29(26)40(35)41-37/h3-26H,1-2H3;1-26H;1-24H/i5D,6D,7D,8D,9D,10D,13D,14D,15D,16D,17D,18D,20D,23D,25D;1D,2D,3D,6D,7D,8D,9D,10D,11D,12D,14D,15D,17D,18D,19D,20D,25D;1D,3D,5D,6D,7D,8D,9D,10D,12D,13D,15D,16D,17D,18D,19D. The number of fused-ring (bicyclic) bond motifs is 25. The first-order valence-corrected chi connectivity index (χ1v) is 41.2. The van der Waals surface area contributed by atoms with Crippen molar-refractivity contribution in [1.82, 2.24) is 0 Å². The average molecular weight is 1700 g/mol. The van der Waals surface area contributed by atoms with E-state index in [2.05, 4.69) is 0 Å². The van der Waals surface area contributed by atoms with E-state index in [1.165, 1.54) is 0 Å². The van der Waals surface area contributed by atoms with Gasteiger partial charge in [-0.2, -0.15) is 0 Å². The molecule has 0 aliphatic heterocycles. The minimum absolute atomic E-state index is 0.0214. The number of hydrogen-bond acceptors (Lipinski definition) is 3. The Kier molecular flexibility index (Phi) is 9.51. The van der Waals surface area contributed by atoms with Crippen LogP contribution in [-0.4, -0.2) is 0 Å². The Morgan fingerprint density at radius 2 is 0.500 bits per heavy atom. The zero-order chi connectivity index (χ0) is 127. The van der Waals surface area contributed by atoms with Gasteiger partial charge in [0.2, 0.25) is 0 Å². The van der Waals surface area contributed by atoms with Crippen LogP contribution in [-0.2, 0) is 5.41 Å². The molecule has 0 unspecified atom stereocenters. The summed E-state index contributed by atoms with van der Waals surface area (Å²) in [5.74, 6) is 0. The van der Waals surface area contributed by atoms with Gasteiger partial charge in [0, 0.05) is 53.9 Å². The monoisotopic (exact) mass is 1700 g/mol. The van der Waals surface area contributed by atoms with Crippen LogP contribution in [0.5, 0.6) is 0 Å². The molecule has 0 atom stereocenters. The third-order valence-corrected chi connectivity index (χ3v) is 24.5. The zero-order valence-corrected chi connectivity index (χ0v) is 67.8. The van der Waals surface area contributed by atoms with Gasteiger partial charge in [0.15, 0.2) is 0 Å². The van der Waals surface area contributed by atoms with Crippen molar-refractivity contribution in [3.63, 3.8) is 0 Å². The second-order valence-corrected chi connectivity index (χ2v) is 31.8. The summed E-state index contributed by atoms with van der Waals surface area (Å²) in [7, 11) is 0. The first-order chi connectivity index (χ1) is 83.8. The van der Waals surface area contributed by atoms with Gasteiger partial charge in [-0.3, -0.25) is 0 Å². The minimum Gasteiger partial charge on any atom is -0.455 e. The van der Waals surface area contributed by atoms with Gasteiger partial charge >= 0.3 is 0 Å². The summed E-state index contributed by atoms with van der Waals surface area (Å²) in [4.78, 5) is 0. The lowest BCUT2D eigenvalue weighted by Crippen LogP contribution is -2.14. The molecule has 0 spiro atoms. The molecule has 24 aromatic carbocycles. The average Bonchev–Trinajstić information content (AvgIpc) is 1.57. The van der Waals surface area contributed by atoms with Crippen molar-refractivity contribution < 1.29 is 77.7 Å². The van der Waals surface area contributed by atoms with E-state index in [4.69, 9.17) is 53.0 Å². The Bertz CT molecular complexity index is 12200. The number of hydrogen-bond donors (Lipinski definition) is 0. The lowest BCUT2D eigenvalue weighted by Gasteiger charge is -2.22. The largest absolute Gasteiger partial charge is 0.455 e. The molecule has 28 rings (SSSR count). The van der Waals surface area contributed by atoms with Gasteiger partial charge in [-0.15, -0.1) is 0 Å². The molecule has 0 saturated heterocycles. The lowest BCUT2D eigenvalue weighted by atomic mass is 9.81. The van der Waals surface area contributed by atoms with Gasteiger partial charge in [0.1, 0.15) is 33.5 Å². The molecule has 130 heavy (non-hydrogen) atoms. The molecule has 0 amide bonds. The maximum atomic E-state index is 9.87. The van der Waals surface area contributed by atoms with Crippen LogP contribution in [0, 0.1) is 0 Å². The molecule has 0 N–H and O–H groups in total. The second kappa shape index (κ2) is 29.7. The molecular weight excluding hydrogens is 1570 g/mol. The highest BCUT2D eigenvalue weighted by Gasteiger charge is 2.36. The molecule has 3 heterocycles. The molecule has 1 aliphatic carbocycles. The molecule has 27 aromatic rings. The maximum Gasteiger partial charge on any atom is 0.143 e. The molecule has 3 heteroatoms. The van der Waals surface area contributed by atoms with Crippen LogP contribution in [0.4, 0.5) is 0 Å². The van der Waals surface area contributed by atoms with E-state index in [0.29, 0.717) is 66.2 Å². The molecule has 0 saturated carbocycles. The Morgan fingerprint density at radius 3 is 0.931 bits per heavy atom. The van der Waals surface area contributed by atoms with Crippen LogP contribution in [0.1, 0.15) is 89.4 Å². The summed E-state index contributed by atoms with van der Waals surface area (Å²) < 4.78 is 440. The van der Waals surface area contributed by atoms with Crippen molar-refractivity contribution in [3.8, 4) is 89.0 Å². The van der Waals surface area contributed by atoms with E-state index < -0.39 is 322 Å². The Morgan fingerprint density at radius 1 is 0.185 bits per heavy atom. The van der Waals surface area contributed by atoms with Crippen molar-refractivity contribution in [2.24, 2.45) is 0 Å². The SMILES string of the molecule is [2H]c1c([2H])c([2H])c(-c2c([2H])c([2H])c([2H])c(-c3c4c([2H])c([2H])c([2H])c([2H])c4c(-c4ccc5oc6c7ccccc7ccc6c5c4)c4c([2H])c([2H])c([2H])c([2H])c34)c2[2H])c([2H])c1[2H].[2H]c1c([2H])c([2H])c2c(-c3c4c([2H])c([2H])c([2H])c([2H])c4c(-c4ccc5oc6c7ccccc7ccc6c5c4)c4c([2H])c([2H])c([2H])c([2H])c34)c([2H])c([2H])c([2H])c2c1[2H].[2H]c1c([2H])c([2H])c2c(c1[2H])-c1c([2H])c(-c3c4c([2H])c([2H])c([2H])c([2H])c4c(-c4ccc5oc6c7ccccc7ccc6c5c4)c4c([2H])c([2H])c([2H])c([2H])c34)c([2H])c([2H])c1C2(C)C. The predicted molar refractivity (Wildman–Crippen MR) is 552 cm³/mol. The van der Waals surface area contributed by atoms with Crippen LogP contribution >= 0.6 is 0 Å². The number of furan rings is 3. The Labute approximate surface area is 815 Å². The minimum atomic E-state index is -1.29. The maximum absolute atomic E-state index is 9.87. The lowest BCUT2D eigenvalue weighted by molar-refractivity contribution is 0.660. The van der Waals surface area contributed by atoms with E-state index in [1.807, 2.05) is 109 Å².